The first-order valence-electron chi connectivity index (χ1n) is 6.26. The lowest BCUT2D eigenvalue weighted by Gasteiger charge is -2.07. The zero-order chi connectivity index (χ0) is 14.4. The van der Waals surface area contributed by atoms with E-state index >= 15 is 0 Å². The Bertz CT molecular complexity index is 584. The van der Waals surface area contributed by atoms with E-state index in [1.54, 1.807) is 18.2 Å². The van der Waals surface area contributed by atoms with Gasteiger partial charge in [0.15, 0.2) is 0 Å². The Morgan fingerprint density at radius 2 is 2.05 bits per heavy atom. The van der Waals surface area contributed by atoms with Crippen molar-refractivity contribution >= 4 is 11.7 Å². The number of rotatable bonds is 6. The van der Waals surface area contributed by atoms with Crippen LogP contribution in [-0.4, -0.2) is 22.5 Å². The van der Waals surface area contributed by atoms with Gasteiger partial charge in [0.05, 0.1) is 6.61 Å². The molecular weight excluding hydrogens is 256 g/mol. The van der Waals surface area contributed by atoms with Gasteiger partial charge in [-0.3, -0.25) is 4.79 Å². The molecular formula is C14H16N4O2. The number of hydrogen-bond acceptors (Lipinski definition) is 5. The molecule has 0 aliphatic carbocycles. The monoisotopic (exact) mass is 272 g/mol. The van der Waals surface area contributed by atoms with E-state index in [-0.39, 0.29) is 0 Å². The number of anilines is 1. The minimum atomic E-state index is -0.429. The van der Waals surface area contributed by atoms with E-state index in [0.717, 1.165) is 5.56 Å². The molecule has 20 heavy (non-hydrogen) atoms. The van der Waals surface area contributed by atoms with Crippen LogP contribution >= 0.6 is 0 Å². The van der Waals surface area contributed by atoms with E-state index in [4.69, 9.17) is 10.5 Å². The molecule has 6 heteroatoms. The molecule has 2 rings (SSSR count). The van der Waals surface area contributed by atoms with Crippen molar-refractivity contribution in [2.75, 3.05) is 11.9 Å². The molecule has 0 atom stereocenters. The van der Waals surface area contributed by atoms with Gasteiger partial charge >= 0.3 is 0 Å². The van der Waals surface area contributed by atoms with Crippen LogP contribution in [0.25, 0.3) is 0 Å². The summed E-state index contributed by atoms with van der Waals surface area (Å²) in [6, 6.07) is 8.83. The molecule has 0 aliphatic rings. The van der Waals surface area contributed by atoms with Gasteiger partial charge in [0.1, 0.15) is 12.1 Å². The molecule has 104 valence electrons. The molecule has 0 unspecified atom stereocenters. The van der Waals surface area contributed by atoms with Gasteiger partial charge in [-0.1, -0.05) is 12.1 Å². The van der Waals surface area contributed by atoms with Crippen molar-refractivity contribution in [1.29, 1.82) is 0 Å². The second-order valence-corrected chi connectivity index (χ2v) is 4.09. The summed E-state index contributed by atoms with van der Waals surface area (Å²) in [6.07, 6.45) is 1.45. The van der Waals surface area contributed by atoms with Gasteiger partial charge in [-0.25, -0.2) is 9.97 Å². The van der Waals surface area contributed by atoms with Crippen LogP contribution < -0.4 is 15.8 Å². The number of nitrogens with one attached hydrogen (secondary N) is 1. The molecule has 0 spiro atoms. The second kappa shape index (κ2) is 6.51. The summed E-state index contributed by atoms with van der Waals surface area (Å²) in [5, 5.41) is 3.16. The van der Waals surface area contributed by atoms with Crippen LogP contribution in [0.15, 0.2) is 36.7 Å². The number of carbonyl (C=O) groups excluding carboxylic acids is 1. The Labute approximate surface area is 117 Å². The average molecular weight is 272 g/mol. The zero-order valence-electron chi connectivity index (χ0n) is 11.2. The number of nitrogens with zero attached hydrogens (tertiary/aromatic N) is 2. The molecule has 2 aromatic rings. The van der Waals surface area contributed by atoms with Crippen molar-refractivity contribution in [3.63, 3.8) is 0 Å². The maximum atomic E-state index is 11.0. The number of benzene rings is 1. The third-order valence-electron chi connectivity index (χ3n) is 2.65. The summed E-state index contributed by atoms with van der Waals surface area (Å²) in [6.45, 7) is 3.04. The van der Waals surface area contributed by atoms with Crippen molar-refractivity contribution in [3.05, 3.63) is 47.8 Å². The first kappa shape index (κ1) is 13.8. The van der Waals surface area contributed by atoms with Crippen LogP contribution in [0, 0.1) is 0 Å². The van der Waals surface area contributed by atoms with E-state index in [1.165, 1.54) is 6.33 Å². The summed E-state index contributed by atoms with van der Waals surface area (Å²) in [4.78, 5) is 19.1. The van der Waals surface area contributed by atoms with Crippen LogP contribution in [0.1, 0.15) is 22.8 Å². The van der Waals surface area contributed by atoms with Crippen molar-refractivity contribution in [3.8, 4) is 5.88 Å². The number of ether oxygens (including phenoxy) is 1. The van der Waals surface area contributed by atoms with Crippen LogP contribution in [0.2, 0.25) is 0 Å². The summed E-state index contributed by atoms with van der Waals surface area (Å²) in [7, 11) is 0. The fourth-order valence-electron chi connectivity index (χ4n) is 1.64. The molecule has 0 fully saturated rings. The maximum Gasteiger partial charge on any atom is 0.248 e. The number of primary amides is 1. The Kier molecular flexibility index (Phi) is 4.49. The minimum absolute atomic E-state index is 0.429. The number of hydrogen-bond donors (Lipinski definition) is 2. The largest absolute Gasteiger partial charge is 0.478 e. The van der Waals surface area contributed by atoms with E-state index in [9.17, 15) is 4.79 Å². The highest BCUT2D eigenvalue weighted by Crippen LogP contribution is 2.12. The highest BCUT2D eigenvalue weighted by atomic mass is 16.5. The van der Waals surface area contributed by atoms with E-state index < -0.39 is 5.91 Å². The Hall–Kier alpha value is -2.63. The van der Waals surface area contributed by atoms with E-state index in [0.29, 0.717) is 30.4 Å². The number of aromatic nitrogens is 2. The molecule has 1 aromatic heterocycles. The SMILES string of the molecule is CCOc1cc(NCc2ccc(C(N)=O)cc2)ncn1. The fraction of sp³-hybridized carbons (Fsp3) is 0.214. The van der Waals surface area contributed by atoms with Crippen LogP contribution in [-0.2, 0) is 6.54 Å². The van der Waals surface area contributed by atoms with Gasteiger partial charge in [-0.05, 0) is 24.6 Å². The van der Waals surface area contributed by atoms with Crippen LogP contribution in [0.4, 0.5) is 5.82 Å². The molecule has 1 aromatic carbocycles. The Balaban J connectivity index is 1.97. The summed E-state index contributed by atoms with van der Waals surface area (Å²) < 4.78 is 5.30. The summed E-state index contributed by atoms with van der Waals surface area (Å²) in [5.74, 6) is 0.790. The van der Waals surface area contributed by atoms with Gasteiger partial charge in [0.2, 0.25) is 11.8 Å². The molecule has 1 amide bonds. The molecule has 3 N–H and O–H groups in total. The molecule has 0 bridgehead atoms. The molecule has 0 aliphatic heterocycles. The van der Waals surface area contributed by atoms with Gasteiger partial charge in [0.25, 0.3) is 0 Å². The van der Waals surface area contributed by atoms with Gasteiger partial charge in [-0.2, -0.15) is 0 Å². The smallest absolute Gasteiger partial charge is 0.248 e. The Morgan fingerprint density at radius 3 is 2.70 bits per heavy atom. The standard InChI is InChI=1S/C14H16N4O2/c1-2-20-13-7-12(17-9-18-13)16-8-10-3-5-11(6-4-10)14(15)19/h3-7,9H,2,8H2,1H3,(H2,15,19)(H,16,17,18). The molecule has 0 radical (unpaired) electrons. The lowest BCUT2D eigenvalue weighted by Crippen LogP contribution is -2.11. The predicted molar refractivity (Wildman–Crippen MR) is 75.5 cm³/mol. The summed E-state index contributed by atoms with van der Waals surface area (Å²) in [5.41, 5.74) is 6.70. The second-order valence-electron chi connectivity index (χ2n) is 4.09. The zero-order valence-corrected chi connectivity index (χ0v) is 11.2. The lowest BCUT2D eigenvalue weighted by molar-refractivity contribution is 0.100. The normalized spacial score (nSPS) is 10.1. The third-order valence-corrected chi connectivity index (χ3v) is 2.65. The van der Waals surface area contributed by atoms with Crippen molar-refractivity contribution in [2.45, 2.75) is 13.5 Å². The third kappa shape index (κ3) is 3.68. The quantitative estimate of drug-likeness (QED) is 0.833. The van der Waals surface area contributed by atoms with Gasteiger partial charge < -0.3 is 15.8 Å². The van der Waals surface area contributed by atoms with E-state index in [2.05, 4.69) is 15.3 Å². The first-order chi connectivity index (χ1) is 9.69. The lowest BCUT2D eigenvalue weighted by atomic mass is 10.1. The number of amides is 1. The maximum absolute atomic E-state index is 11.0. The highest BCUT2D eigenvalue weighted by Gasteiger charge is 2.01. The van der Waals surface area contributed by atoms with Crippen molar-refractivity contribution in [1.82, 2.24) is 9.97 Å². The predicted octanol–water partition coefficient (Wildman–Crippen LogP) is 1.59. The van der Waals surface area contributed by atoms with Gasteiger partial charge in [0, 0.05) is 18.2 Å². The van der Waals surface area contributed by atoms with Crippen molar-refractivity contribution in [2.24, 2.45) is 5.73 Å². The highest BCUT2D eigenvalue weighted by molar-refractivity contribution is 5.92. The van der Waals surface area contributed by atoms with Crippen LogP contribution in [0.5, 0.6) is 5.88 Å². The molecule has 0 saturated carbocycles. The first-order valence-corrected chi connectivity index (χ1v) is 6.26. The van der Waals surface area contributed by atoms with Gasteiger partial charge in [-0.15, -0.1) is 0 Å². The topological polar surface area (TPSA) is 90.1 Å². The summed E-state index contributed by atoms with van der Waals surface area (Å²) >= 11 is 0. The Morgan fingerprint density at radius 1 is 1.30 bits per heavy atom. The molecule has 0 saturated heterocycles. The molecule has 1 heterocycles. The van der Waals surface area contributed by atoms with Crippen molar-refractivity contribution < 1.29 is 9.53 Å². The average Bonchev–Trinajstić information content (AvgIpc) is 2.46. The number of carbonyl (C=O) groups is 1. The van der Waals surface area contributed by atoms with Crippen LogP contribution in [0.3, 0.4) is 0 Å². The number of nitrogens with two attached hydrogens (primary N) is 1. The molecule has 6 nitrogen and oxygen atoms in total. The van der Waals surface area contributed by atoms with E-state index in [1.807, 2.05) is 19.1 Å². The fourth-order valence-corrected chi connectivity index (χ4v) is 1.64. The minimum Gasteiger partial charge on any atom is -0.478 e.